The maximum absolute atomic E-state index is 12.7. The van der Waals surface area contributed by atoms with Crippen LogP contribution in [-0.2, 0) is 11.3 Å². The number of carbonyl (C=O) groups is 2. The highest BCUT2D eigenvalue weighted by Crippen LogP contribution is 2.26. The summed E-state index contributed by atoms with van der Waals surface area (Å²) in [6.07, 6.45) is 6.28. The first-order valence-electron chi connectivity index (χ1n) is 11.2. The Labute approximate surface area is 190 Å². The van der Waals surface area contributed by atoms with Gasteiger partial charge in [-0.05, 0) is 61.6 Å². The van der Waals surface area contributed by atoms with Gasteiger partial charge in [0.15, 0.2) is 11.3 Å². The highest BCUT2D eigenvalue weighted by atomic mass is 16.5. The quantitative estimate of drug-likeness (QED) is 0.467. The molecule has 9 nitrogen and oxygen atoms in total. The number of fused-ring (bicyclic) bond motifs is 1. The summed E-state index contributed by atoms with van der Waals surface area (Å²) in [4.78, 5) is 40.9. The average Bonchev–Trinajstić information content (AvgIpc) is 3.35. The van der Waals surface area contributed by atoms with Crippen LogP contribution in [0, 0.1) is 11.8 Å². The number of carboxylic acid groups (broad SMARTS) is 1. The van der Waals surface area contributed by atoms with Gasteiger partial charge >= 0.3 is 5.97 Å². The fourth-order valence-corrected chi connectivity index (χ4v) is 4.11. The third kappa shape index (κ3) is 5.60. The monoisotopic (exact) mass is 450 g/mol. The molecule has 0 bridgehead atoms. The van der Waals surface area contributed by atoms with Crippen LogP contribution in [0.1, 0.15) is 48.9 Å². The number of carbonyl (C=O) groups excluding carboxylic acids is 1. The molecule has 0 amide bonds. The van der Waals surface area contributed by atoms with Crippen molar-refractivity contribution in [2.75, 3.05) is 6.61 Å². The van der Waals surface area contributed by atoms with Crippen LogP contribution in [0.15, 0.2) is 47.4 Å². The molecule has 1 aliphatic rings. The molecule has 2 aromatic heterocycles. The molecule has 0 radical (unpaired) electrons. The van der Waals surface area contributed by atoms with Gasteiger partial charge in [-0.25, -0.2) is 9.67 Å². The van der Waals surface area contributed by atoms with Crippen molar-refractivity contribution in [3.05, 3.63) is 58.5 Å². The molecule has 1 fully saturated rings. The summed E-state index contributed by atoms with van der Waals surface area (Å²) < 4.78 is 6.91. The second kappa shape index (κ2) is 10.3. The molecular weight excluding hydrogens is 424 g/mol. The Morgan fingerprint density at radius 3 is 2.64 bits per heavy atom. The minimum atomic E-state index is -1.10. The van der Waals surface area contributed by atoms with Crippen LogP contribution in [0.25, 0.3) is 11.0 Å². The zero-order valence-electron chi connectivity index (χ0n) is 18.2. The van der Waals surface area contributed by atoms with Crippen molar-refractivity contribution in [2.24, 2.45) is 11.8 Å². The molecule has 3 aromatic rings. The number of hydrogen-bond acceptors (Lipinski definition) is 7. The summed E-state index contributed by atoms with van der Waals surface area (Å²) >= 11 is 0. The molecule has 1 atom stereocenters. The molecule has 9 heteroatoms. The van der Waals surface area contributed by atoms with Gasteiger partial charge in [0.25, 0.3) is 5.56 Å². The maximum Gasteiger partial charge on any atom is 0.307 e. The van der Waals surface area contributed by atoms with Crippen LogP contribution >= 0.6 is 0 Å². The van der Waals surface area contributed by atoms with Gasteiger partial charge in [-0.1, -0.05) is 18.1 Å². The average molecular weight is 450 g/mol. The second-order valence-corrected chi connectivity index (χ2v) is 8.43. The SMILES string of the molecule is O=C(CC(CCn1nnc2cccnc2c1=O)C(=O)O)c1ccc(OCC2CCCC2)cc1. The number of aliphatic carboxylic acids is 1. The highest BCUT2D eigenvalue weighted by Gasteiger charge is 2.23. The molecule has 4 rings (SSSR count). The Hall–Kier alpha value is -3.62. The van der Waals surface area contributed by atoms with Crippen molar-refractivity contribution in [1.29, 1.82) is 0 Å². The van der Waals surface area contributed by atoms with Crippen LogP contribution in [-0.4, -0.2) is 43.4 Å². The van der Waals surface area contributed by atoms with Gasteiger partial charge in [-0.3, -0.25) is 14.4 Å². The molecule has 172 valence electrons. The van der Waals surface area contributed by atoms with Crippen molar-refractivity contribution in [3.8, 4) is 5.75 Å². The summed E-state index contributed by atoms with van der Waals surface area (Å²) in [7, 11) is 0. The number of carboxylic acids is 1. The zero-order chi connectivity index (χ0) is 23.2. The van der Waals surface area contributed by atoms with E-state index in [2.05, 4.69) is 15.3 Å². The number of Topliss-reactive ketones (excluding diaryl/α,β-unsaturated/α-hetero) is 1. The van der Waals surface area contributed by atoms with E-state index in [-0.39, 0.29) is 30.7 Å². The standard InChI is InChI=1S/C24H26N4O5/c29-21(17-7-9-19(10-8-17)33-15-16-4-1-2-5-16)14-18(24(31)32)11-13-28-23(30)22-20(26-27-28)6-3-12-25-22/h3,6-10,12,16,18H,1-2,4-5,11,13-15H2,(H,31,32). The topological polar surface area (TPSA) is 124 Å². The van der Waals surface area contributed by atoms with Crippen molar-refractivity contribution in [1.82, 2.24) is 20.0 Å². The van der Waals surface area contributed by atoms with Gasteiger partial charge in [0.05, 0.1) is 12.5 Å². The number of rotatable bonds is 10. The Morgan fingerprint density at radius 1 is 1.15 bits per heavy atom. The van der Waals surface area contributed by atoms with Gasteiger partial charge in [0, 0.05) is 24.7 Å². The van der Waals surface area contributed by atoms with Crippen molar-refractivity contribution >= 4 is 22.8 Å². The summed E-state index contributed by atoms with van der Waals surface area (Å²) in [5.41, 5.74) is 0.538. The first kappa shape index (κ1) is 22.6. The molecule has 0 saturated heterocycles. The van der Waals surface area contributed by atoms with E-state index in [1.807, 2.05) is 0 Å². The molecule has 1 N–H and O–H groups in total. The molecule has 0 spiro atoms. The van der Waals surface area contributed by atoms with E-state index in [1.54, 1.807) is 36.4 Å². The predicted octanol–water partition coefficient (Wildman–Crippen LogP) is 3.12. The van der Waals surface area contributed by atoms with Crippen molar-refractivity contribution in [2.45, 2.75) is 45.1 Å². The predicted molar refractivity (Wildman–Crippen MR) is 120 cm³/mol. The molecule has 0 aliphatic heterocycles. The smallest absolute Gasteiger partial charge is 0.307 e. The number of pyridine rings is 1. The minimum absolute atomic E-state index is 0.0243. The van der Waals surface area contributed by atoms with Crippen LogP contribution in [0.4, 0.5) is 0 Å². The number of hydrogen-bond donors (Lipinski definition) is 1. The van der Waals surface area contributed by atoms with Crippen LogP contribution in [0.2, 0.25) is 0 Å². The third-order valence-corrected chi connectivity index (χ3v) is 6.09. The lowest BCUT2D eigenvalue weighted by molar-refractivity contribution is -0.142. The lowest BCUT2D eigenvalue weighted by atomic mass is 9.95. The van der Waals surface area contributed by atoms with E-state index >= 15 is 0 Å². The Balaban J connectivity index is 1.35. The minimum Gasteiger partial charge on any atom is -0.493 e. The molecule has 1 saturated carbocycles. The molecule has 1 aromatic carbocycles. The van der Waals surface area contributed by atoms with Crippen LogP contribution in [0.5, 0.6) is 5.75 Å². The van der Waals surface area contributed by atoms with Crippen molar-refractivity contribution < 1.29 is 19.4 Å². The van der Waals surface area contributed by atoms with Gasteiger partial charge in [0.2, 0.25) is 0 Å². The number of ether oxygens (including phenoxy) is 1. The fraction of sp³-hybridized carbons (Fsp3) is 0.417. The lowest BCUT2D eigenvalue weighted by Crippen LogP contribution is -2.28. The Morgan fingerprint density at radius 2 is 1.91 bits per heavy atom. The number of aryl methyl sites for hydroxylation is 1. The van der Waals surface area contributed by atoms with Crippen LogP contribution < -0.4 is 10.3 Å². The normalized spacial score (nSPS) is 14.9. The van der Waals surface area contributed by atoms with Crippen LogP contribution in [0.3, 0.4) is 0 Å². The van der Waals surface area contributed by atoms with E-state index < -0.39 is 17.4 Å². The molecule has 33 heavy (non-hydrogen) atoms. The molecular formula is C24H26N4O5. The number of aromatic nitrogens is 4. The second-order valence-electron chi connectivity index (χ2n) is 8.43. The lowest BCUT2D eigenvalue weighted by Gasteiger charge is -2.13. The van der Waals surface area contributed by atoms with E-state index in [9.17, 15) is 19.5 Å². The first-order valence-corrected chi connectivity index (χ1v) is 11.2. The fourth-order valence-electron chi connectivity index (χ4n) is 4.11. The molecule has 2 heterocycles. The van der Waals surface area contributed by atoms with Crippen molar-refractivity contribution in [3.63, 3.8) is 0 Å². The summed E-state index contributed by atoms with van der Waals surface area (Å²) in [5, 5.41) is 17.4. The zero-order valence-corrected chi connectivity index (χ0v) is 18.2. The Kier molecular flexibility index (Phi) is 7.07. The summed E-state index contributed by atoms with van der Waals surface area (Å²) in [6.45, 7) is 0.706. The van der Waals surface area contributed by atoms with E-state index in [0.717, 1.165) is 4.68 Å². The maximum atomic E-state index is 12.7. The number of benzene rings is 1. The van der Waals surface area contributed by atoms with Gasteiger partial charge in [-0.15, -0.1) is 5.10 Å². The molecule has 1 aliphatic carbocycles. The largest absolute Gasteiger partial charge is 0.493 e. The summed E-state index contributed by atoms with van der Waals surface area (Å²) in [6, 6.07) is 10.1. The number of ketones is 1. The third-order valence-electron chi connectivity index (χ3n) is 6.09. The van der Waals surface area contributed by atoms with Gasteiger partial charge in [-0.2, -0.15) is 0 Å². The van der Waals surface area contributed by atoms with E-state index in [0.29, 0.717) is 29.4 Å². The van der Waals surface area contributed by atoms with Gasteiger partial charge < -0.3 is 9.84 Å². The first-order chi connectivity index (χ1) is 16.0. The number of nitrogens with zero attached hydrogens (tertiary/aromatic N) is 4. The van der Waals surface area contributed by atoms with E-state index in [4.69, 9.17) is 4.74 Å². The van der Waals surface area contributed by atoms with E-state index in [1.165, 1.54) is 31.9 Å². The highest BCUT2D eigenvalue weighted by molar-refractivity contribution is 5.98. The van der Waals surface area contributed by atoms with Gasteiger partial charge in [0.1, 0.15) is 11.3 Å². The molecule has 1 unspecified atom stereocenters. The summed E-state index contributed by atoms with van der Waals surface area (Å²) in [5.74, 6) is -1.03. The Bertz CT molecular complexity index is 1190.